The summed E-state index contributed by atoms with van der Waals surface area (Å²) in [4.78, 5) is 0. The first-order chi connectivity index (χ1) is 8.66. The van der Waals surface area contributed by atoms with Crippen LogP contribution >= 0.6 is 11.6 Å². The van der Waals surface area contributed by atoms with E-state index >= 15 is 0 Å². The van der Waals surface area contributed by atoms with E-state index in [-0.39, 0.29) is 11.6 Å². The summed E-state index contributed by atoms with van der Waals surface area (Å²) in [6, 6.07) is 7.99. The number of hydrogen-bond acceptors (Lipinski definition) is 2. The predicted octanol–water partition coefficient (Wildman–Crippen LogP) is 3.56. The minimum absolute atomic E-state index is 0.0428. The minimum atomic E-state index is -0.138. The van der Waals surface area contributed by atoms with E-state index in [1.165, 1.54) is 24.8 Å². The van der Waals surface area contributed by atoms with Gasteiger partial charge in [-0.3, -0.25) is 0 Å². The van der Waals surface area contributed by atoms with Crippen LogP contribution in [0.25, 0.3) is 0 Å². The normalized spacial score (nSPS) is 20.6. The van der Waals surface area contributed by atoms with Crippen molar-refractivity contribution in [2.75, 3.05) is 7.11 Å². The van der Waals surface area contributed by atoms with Crippen LogP contribution in [0.4, 0.5) is 0 Å². The van der Waals surface area contributed by atoms with Gasteiger partial charge < -0.3 is 10.5 Å². The number of halogens is 1. The second kappa shape index (κ2) is 6.05. The Balaban J connectivity index is 2.07. The van der Waals surface area contributed by atoms with Gasteiger partial charge in [-0.1, -0.05) is 43.0 Å². The third-order valence-electron chi connectivity index (χ3n) is 4.13. The first-order valence-corrected chi connectivity index (χ1v) is 7.09. The lowest BCUT2D eigenvalue weighted by molar-refractivity contribution is -0.0582. The zero-order valence-electron chi connectivity index (χ0n) is 11.0. The van der Waals surface area contributed by atoms with E-state index in [1.54, 1.807) is 7.11 Å². The van der Waals surface area contributed by atoms with Crippen LogP contribution in [0, 0.1) is 0 Å². The number of hydrogen-bond donors (Lipinski definition) is 1. The average Bonchev–Trinajstić information content (AvgIpc) is 2.39. The molecule has 1 aromatic rings. The van der Waals surface area contributed by atoms with Crippen LogP contribution in [-0.4, -0.2) is 18.8 Å². The SMILES string of the molecule is COC1(C(N)Cc2cccc(Cl)c2)CCCCC1. The lowest BCUT2D eigenvalue weighted by Gasteiger charge is -2.41. The Bertz CT molecular complexity index is 388. The summed E-state index contributed by atoms with van der Waals surface area (Å²) in [6.07, 6.45) is 6.72. The maximum atomic E-state index is 6.41. The van der Waals surface area contributed by atoms with Crippen molar-refractivity contribution >= 4 is 11.6 Å². The highest BCUT2D eigenvalue weighted by molar-refractivity contribution is 6.30. The van der Waals surface area contributed by atoms with E-state index in [9.17, 15) is 0 Å². The molecular formula is C15H22ClNO. The molecule has 0 amide bonds. The molecule has 0 aliphatic heterocycles. The summed E-state index contributed by atoms with van der Waals surface area (Å²) in [5.74, 6) is 0. The van der Waals surface area contributed by atoms with Gasteiger partial charge in [0.1, 0.15) is 0 Å². The first-order valence-electron chi connectivity index (χ1n) is 6.71. The Morgan fingerprint density at radius 2 is 2.06 bits per heavy atom. The van der Waals surface area contributed by atoms with Crippen molar-refractivity contribution < 1.29 is 4.74 Å². The van der Waals surface area contributed by atoms with Crippen molar-refractivity contribution in [3.63, 3.8) is 0 Å². The molecule has 1 aliphatic carbocycles. The summed E-state index contributed by atoms with van der Waals surface area (Å²) in [6.45, 7) is 0. The van der Waals surface area contributed by atoms with E-state index < -0.39 is 0 Å². The largest absolute Gasteiger partial charge is 0.377 e. The molecule has 0 spiro atoms. The van der Waals surface area contributed by atoms with Gasteiger partial charge in [0.15, 0.2) is 0 Å². The van der Waals surface area contributed by atoms with Crippen LogP contribution < -0.4 is 5.73 Å². The lowest BCUT2D eigenvalue weighted by Crippen LogP contribution is -2.51. The van der Waals surface area contributed by atoms with Crippen LogP contribution in [0.5, 0.6) is 0 Å². The van der Waals surface area contributed by atoms with Crippen molar-refractivity contribution in [3.05, 3.63) is 34.9 Å². The van der Waals surface area contributed by atoms with Crippen LogP contribution in [-0.2, 0) is 11.2 Å². The molecular weight excluding hydrogens is 246 g/mol. The fraction of sp³-hybridized carbons (Fsp3) is 0.600. The standard InChI is InChI=1S/C15H22ClNO/c1-18-15(8-3-2-4-9-15)14(17)11-12-6-5-7-13(16)10-12/h5-7,10,14H,2-4,8-9,11,17H2,1H3. The highest BCUT2D eigenvalue weighted by Gasteiger charge is 2.37. The molecule has 0 radical (unpaired) electrons. The van der Waals surface area contributed by atoms with Gasteiger partial charge in [-0.15, -0.1) is 0 Å². The van der Waals surface area contributed by atoms with Crippen LogP contribution in [0.2, 0.25) is 5.02 Å². The summed E-state index contributed by atoms with van der Waals surface area (Å²) < 4.78 is 5.79. The molecule has 2 nitrogen and oxygen atoms in total. The van der Waals surface area contributed by atoms with Crippen molar-refractivity contribution in [2.45, 2.75) is 50.2 Å². The molecule has 2 N–H and O–H groups in total. The topological polar surface area (TPSA) is 35.2 Å². The number of ether oxygens (including phenoxy) is 1. The van der Waals surface area contributed by atoms with Crippen LogP contribution in [0.1, 0.15) is 37.7 Å². The van der Waals surface area contributed by atoms with Crippen molar-refractivity contribution in [2.24, 2.45) is 5.73 Å². The minimum Gasteiger partial charge on any atom is -0.377 e. The number of rotatable bonds is 4. The zero-order valence-corrected chi connectivity index (χ0v) is 11.7. The van der Waals surface area contributed by atoms with E-state index in [2.05, 4.69) is 6.07 Å². The third kappa shape index (κ3) is 3.05. The van der Waals surface area contributed by atoms with Crippen LogP contribution in [0.3, 0.4) is 0 Å². The molecule has 0 saturated heterocycles. The molecule has 0 bridgehead atoms. The molecule has 1 saturated carbocycles. The molecule has 3 heteroatoms. The fourth-order valence-electron chi connectivity index (χ4n) is 2.98. The second-order valence-corrected chi connectivity index (χ2v) is 5.71. The van der Waals surface area contributed by atoms with E-state index in [1.807, 2.05) is 18.2 Å². The number of methoxy groups -OCH3 is 1. The fourth-order valence-corrected chi connectivity index (χ4v) is 3.19. The summed E-state index contributed by atoms with van der Waals surface area (Å²) in [5.41, 5.74) is 7.46. The van der Waals surface area contributed by atoms with Gasteiger partial charge >= 0.3 is 0 Å². The van der Waals surface area contributed by atoms with E-state index in [4.69, 9.17) is 22.1 Å². The molecule has 2 rings (SSSR count). The second-order valence-electron chi connectivity index (χ2n) is 5.27. The average molecular weight is 268 g/mol. The van der Waals surface area contributed by atoms with Gasteiger partial charge in [0, 0.05) is 18.2 Å². The van der Waals surface area contributed by atoms with Gasteiger partial charge in [0.25, 0.3) is 0 Å². The Morgan fingerprint density at radius 3 is 2.67 bits per heavy atom. The van der Waals surface area contributed by atoms with Gasteiger partial charge in [-0.05, 0) is 37.0 Å². The molecule has 0 heterocycles. The Kier molecular flexibility index (Phi) is 4.66. The zero-order chi connectivity index (χ0) is 13.0. The Morgan fingerprint density at radius 1 is 1.33 bits per heavy atom. The van der Waals surface area contributed by atoms with Gasteiger partial charge in [0.05, 0.1) is 5.60 Å². The highest BCUT2D eigenvalue weighted by Crippen LogP contribution is 2.34. The Hall–Kier alpha value is -0.570. The molecule has 1 atom stereocenters. The molecule has 100 valence electrons. The lowest BCUT2D eigenvalue weighted by atomic mass is 9.77. The molecule has 1 aromatic carbocycles. The maximum absolute atomic E-state index is 6.41. The van der Waals surface area contributed by atoms with Crippen molar-refractivity contribution in [1.29, 1.82) is 0 Å². The summed E-state index contributed by atoms with van der Waals surface area (Å²) >= 11 is 6.01. The van der Waals surface area contributed by atoms with Gasteiger partial charge in [0.2, 0.25) is 0 Å². The molecule has 1 unspecified atom stereocenters. The predicted molar refractivity (Wildman–Crippen MR) is 76.0 cm³/mol. The third-order valence-corrected chi connectivity index (χ3v) is 4.36. The number of nitrogens with two attached hydrogens (primary N) is 1. The van der Waals surface area contributed by atoms with E-state index in [0.29, 0.717) is 0 Å². The van der Waals surface area contributed by atoms with Crippen molar-refractivity contribution in [3.8, 4) is 0 Å². The summed E-state index contributed by atoms with van der Waals surface area (Å²) in [5, 5.41) is 0.773. The smallest absolute Gasteiger partial charge is 0.0832 e. The number of benzene rings is 1. The quantitative estimate of drug-likeness (QED) is 0.905. The molecule has 0 aromatic heterocycles. The Labute approximate surface area is 114 Å². The van der Waals surface area contributed by atoms with Crippen LogP contribution in [0.15, 0.2) is 24.3 Å². The van der Waals surface area contributed by atoms with E-state index in [0.717, 1.165) is 24.3 Å². The maximum Gasteiger partial charge on any atom is 0.0832 e. The van der Waals surface area contributed by atoms with Gasteiger partial charge in [-0.2, -0.15) is 0 Å². The first kappa shape index (κ1) is 13.9. The van der Waals surface area contributed by atoms with Gasteiger partial charge in [-0.25, -0.2) is 0 Å². The van der Waals surface area contributed by atoms with Crippen molar-refractivity contribution in [1.82, 2.24) is 0 Å². The monoisotopic (exact) mass is 267 g/mol. The highest BCUT2D eigenvalue weighted by atomic mass is 35.5. The molecule has 1 aliphatic rings. The summed E-state index contributed by atoms with van der Waals surface area (Å²) in [7, 11) is 1.79. The molecule has 1 fully saturated rings. The molecule has 18 heavy (non-hydrogen) atoms.